The first-order valence-electron chi connectivity index (χ1n) is 10.4. The summed E-state index contributed by atoms with van der Waals surface area (Å²) in [5.74, 6) is -0.832. The van der Waals surface area contributed by atoms with Crippen molar-refractivity contribution in [3.63, 3.8) is 0 Å². The van der Waals surface area contributed by atoms with Gasteiger partial charge in [0.15, 0.2) is 10.0 Å². The highest BCUT2D eigenvalue weighted by Crippen LogP contribution is 2.34. The molecule has 5 nitrogen and oxygen atoms in total. The lowest BCUT2D eigenvalue weighted by molar-refractivity contribution is -0.138. The average Bonchev–Trinajstić information content (AvgIpc) is 3.16. The van der Waals surface area contributed by atoms with Gasteiger partial charge < -0.3 is 10.0 Å². The Morgan fingerprint density at radius 3 is 2.53 bits per heavy atom. The van der Waals surface area contributed by atoms with Crippen molar-refractivity contribution in [2.24, 2.45) is 0 Å². The van der Waals surface area contributed by atoms with Gasteiger partial charge in [-0.1, -0.05) is 56.5 Å². The zero-order valence-corrected chi connectivity index (χ0v) is 19.7. The van der Waals surface area contributed by atoms with Gasteiger partial charge in [0.05, 0.1) is 12.3 Å². The van der Waals surface area contributed by atoms with Crippen LogP contribution in [0.1, 0.15) is 58.6 Å². The molecule has 2 rings (SSSR count). The van der Waals surface area contributed by atoms with Gasteiger partial charge in [0.25, 0.3) is 0 Å². The molecular weight excluding hydrogens is 414 g/mol. The first-order chi connectivity index (χ1) is 14.4. The number of hydrogen-bond donors (Lipinski definition) is 1. The number of rotatable bonds is 13. The maximum atomic E-state index is 11.3. The normalized spacial score (nSPS) is 11.3. The molecule has 0 saturated carbocycles. The molecule has 0 spiro atoms. The largest absolute Gasteiger partial charge is 0.480 e. The van der Waals surface area contributed by atoms with Crippen LogP contribution in [0.3, 0.4) is 0 Å². The Morgan fingerprint density at radius 2 is 1.90 bits per heavy atom. The van der Waals surface area contributed by atoms with Crippen LogP contribution in [-0.4, -0.2) is 33.9 Å². The minimum atomic E-state index is -0.885. The Hall–Kier alpha value is -2.04. The molecule has 0 aliphatic heterocycles. The van der Waals surface area contributed by atoms with E-state index in [0.29, 0.717) is 5.69 Å². The first-order valence-corrected chi connectivity index (χ1v) is 12.1. The molecule has 0 bridgehead atoms. The summed E-state index contributed by atoms with van der Waals surface area (Å²) in [6.45, 7) is 14.6. The van der Waals surface area contributed by atoms with E-state index in [4.69, 9.17) is 6.57 Å². The fourth-order valence-corrected chi connectivity index (χ4v) is 5.20. The summed E-state index contributed by atoms with van der Waals surface area (Å²) in [4.78, 5) is 21.8. The quantitative estimate of drug-likeness (QED) is 0.212. The van der Waals surface area contributed by atoms with Crippen LogP contribution in [0, 0.1) is 6.57 Å². The first kappa shape index (κ1) is 24.2. The van der Waals surface area contributed by atoms with Gasteiger partial charge in [-0.2, -0.15) is 0 Å². The van der Waals surface area contributed by atoms with Crippen molar-refractivity contribution in [2.45, 2.75) is 68.4 Å². The number of thiazole rings is 1. The van der Waals surface area contributed by atoms with Gasteiger partial charge in [0, 0.05) is 30.6 Å². The van der Waals surface area contributed by atoms with Gasteiger partial charge in [-0.05, 0) is 32.4 Å². The highest BCUT2D eigenvalue weighted by Gasteiger charge is 2.29. The number of aliphatic carboxylic acids is 1. The number of anilines is 1. The van der Waals surface area contributed by atoms with Crippen LogP contribution in [0.4, 0.5) is 11.4 Å². The van der Waals surface area contributed by atoms with E-state index in [1.807, 2.05) is 29.6 Å². The lowest BCUT2D eigenvalue weighted by Gasteiger charge is -2.25. The van der Waals surface area contributed by atoms with E-state index in [0.717, 1.165) is 41.7 Å². The topological polar surface area (TPSA) is 57.8 Å². The van der Waals surface area contributed by atoms with Gasteiger partial charge in [-0.15, -0.1) is 11.3 Å². The van der Waals surface area contributed by atoms with E-state index >= 15 is 0 Å². The number of carbonyl (C=O) groups is 1. The molecule has 1 heterocycles. The SMILES string of the molecule is [C-]#[N+]c1ccc(N(CCCCCCC)CCc2csc(SC(C)(C)C(=O)O)n2)cc1. The van der Waals surface area contributed by atoms with Crippen LogP contribution in [0.5, 0.6) is 0 Å². The Balaban J connectivity index is 1.99. The Labute approximate surface area is 188 Å². The van der Waals surface area contributed by atoms with E-state index in [2.05, 4.69) is 21.7 Å². The molecule has 0 radical (unpaired) electrons. The predicted molar refractivity (Wildman–Crippen MR) is 127 cm³/mol. The highest BCUT2D eigenvalue weighted by molar-refractivity contribution is 8.02. The molecule has 0 amide bonds. The maximum Gasteiger partial charge on any atom is 0.319 e. The molecule has 0 fully saturated rings. The average molecular weight is 446 g/mol. The van der Waals surface area contributed by atoms with Crippen LogP contribution in [0.2, 0.25) is 0 Å². The van der Waals surface area contributed by atoms with Gasteiger partial charge in [0.2, 0.25) is 0 Å². The summed E-state index contributed by atoms with van der Waals surface area (Å²) in [6.07, 6.45) is 6.98. The molecule has 0 atom stereocenters. The summed E-state index contributed by atoms with van der Waals surface area (Å²) in [5.41, 5.74) is 2.79. The van der Waals surface area contributed by atoms with E-state index in [9.17, 15) is 9.90 Å². The Kier molecular flexibility index (Phi) is 9.67. The van der Waals surface area contributed by atoms with Crippen LogP contribution < -0.4 is 4.90 Å². The van der Waals surface area contributed by atoms with Crippen molar-refractivity contribution in [1.82, 2.24) is 4.98 Å². The fourth-order valence-electron chi connectivity index (χ4n) is 2.98. The second-order valence-corrected chi connectivity index (χ2v) is 10.5. The third kappa shape index (κ3) is 7.66. The molecule has 0 saturated heterocycles. The molecule has 162 valence electrons. The lowest BCUT2D eigenvalue weighted by atomic mass is 10.1. The molecule has 1 N–H and O–H groups in total. The zero-order valence-electron chi connectivity index (χ0n) is 18.1. The summed E-state index contributed by atoms with van der Waals surface area (Å²) in [5, 5.41) is 11.3. The molecule has 2 aromatic rings. The maximum absolute atomic E-state index is 11.3. The summed E-state index contributed by atoms with van der Waals surface area (Å²) in [7, 11) is 0. The number of aromatic nitrogens is 1. The monoisotopic (exact) mass is 445 g/mol. The molecule has 30 heavy (non-hydrogen) atoms. The van der Waals surface area contributed by atoms with Gasteiger partial charge in [-0.3, -0.25) is 4.79 Å². The molecule has 0 unspecified atom stereocenters. The zero-order chi connectivity index (χ0) is 22.0. The van der Waals surface area contributed by atoms with Crippen molar-refractivity contribution < 1.29 is 9.90 Å². The minimum absolute atomic E-state index is 0.656. The van der Waals surface area contributed by atoms with Crippen LogP contribution in [0.25, 0.3) is 4.85 Å². The number of nitrogens with zero attached hydrogens (tertiary/aromatic N) is 3. The summed E-state index contributed by atoms with van der Waals surface area (Å²) >= 11 is 2.81. The number of benzene rings is 1. The number of unbranched alkanes of at least 4 members (excludes halogenated alkanes) is 4. The summed E-state index contributed by atoms with van der Waals surface area (Å²) < 4.78 is -0.0884. The standard InChI is InChI=1S/C23H31N3O2S2/c1-5-6-7-8-9-15-26(20-12-10-18(24-4)11-13-20)16-14-19-17-29-22(25-19)30-23(2,3)21(27)28/h10-13,17H,5-9,14-16H2,1-3H3,(H,27,28). The third-order valence-corrected chi connectivity index (χ3v) is 7.07. The molecule has 0 aliphatic carbocycles. The van der Waals surface area contributed by atoms with Crippen molar-refractivity contribution in [2.75, 3.05) is 18.0 Å². The lowest BCUT2D eigenvalue weighted by Crippen LogP contribution is -2.27. The predicted octanol–water partition coefficient (Wildman–Crippen LogP) is 6.67. The van der Waals surface area contributed by atoms with Crippen molar-refractivity contribution >= 4 is 40.4 Å². The van der Waals surface area contributed by atoms with Crippen molar-refractivity contribution in [3.05, 3.63) is 46.8 Å². The third-order valence-electron chi connectivity index (χ3n) is 4.90. The highest BCUT2D eigenvalue weighted by atomic mass is 32.2. The minimum Gasteiger partial charge on any atom is -0.480 e. The van der Waals surface area contributed by atoms with E-state index in [1.54, 1.807) is 13.8 Å². The van der Waals surface area contributed by atoms with Crippen molar-refractivity contribution in [1.29, 1.82) is 0 Å². The van der Waals surface area contributed by atoms with Crippen LogP contribution in [0.15, 0.2) is 34.0 Å². The Morgan fingerprint density at radius 1 is 1.20 bits per heavy atom. The number of thioether (sulfide) groups is 1. The second kappa shape index (κ2) is 12.0. The van der Waals surface area contributed by atoms with Crippen molar-refractivity contribution in [3.8, 4) is 0 Å². The number of hydrogen-bond acceptors (Lipinski definition) is 5. The molecule has 0 aliphatic rings. The summed E-state index contributed by atoms with van der Waals surface area (Å²) in [6, 6.07) is 7.80. The smallest absolute Gasteiger partial charge is 0.319 e. The molecule has 1 aromatic carbocycles. The second-order valence-electron chi connectivity index (χ2n) is 7.80. The van der Waals surface area contributed by atoms with Gasteiger partial charge in [-0.25, -0.2) is 9.83 Å². The van der Waals surface area contributed by atoms with Crippen LogP contribution >= 0.6 is 23.1 Å². The Bertz CT molecular complexity index is 841. The molecule has 7 heteroatoms. The molecule has 1 aromatic heterocycles. The van der Waals surface area contributed by atoms with E-state index in [1.165, 1.54) is 48.8 Å². The number of carboxylic acids is 1. The molecular formula is C23H31N3O2S2. The van der Waals surface area contributed by atoms with Crippen LogP contribution in [-0.2, 0) is 11.2 Å². The van der Waals surface area contributed by atoms with Gasteiger partial charge >= 0.3 is 5.97 Å². The fraction of sp³-hybridized carbons (Fsp3) is 0.522. The number of carboxylic acid groups (broad SMARTS) is 1. The van der Waals surface area contributed by atoms with E-state index in [-0.39, 0.29) is 0 Å². The van der Waals surface area contributed by atoms with Gasteiger partial charge in [0.1, 0.15) is 4.75 Å². The van der Waals surface area contributed by atoms with E-state index < -0.39 is 10.7 Å².